The zero-order valence-electron chi connectivity index (χ0n) is 20.1. The Hall–Kier alpha value is -0.196. The first kappa shape index (κ1) is 27.4. The third-order valence-corrected chi connectivity index (χ3v) is 11.4. The number of rotatable bonds is 11. The fraction of sp³-hybridized carbons (Fsp3) is 0.950. The smallest absolute Gasteiger partial charge is 0.395 e. The molecule has 0 saturated carbocycles. The molecule has 192 valence electrons. The summed E-state index contributed by atoms with van der Waals surface area (Å²) in [7, 11) is -2.38. The van der Waals surface area contributed by atoms with Gasteiger partial charge in [0.25, 0.3) is 0 Å². The van der Waals surface area contributed by atoms with Gasteiger partial charge in [0.2, 0.25) is 0 Å². The van der Waals surface area contributed by atoms with Gasteiger partial charge in [-0.05, 0) is 31.1 Å². The fourth-order valence-electron chi connectivity index (χ4n) is 4.10. The molecule has 13 heteroatoms. The van der Waals surface area contributed by atoms with Crippen LogP contribution in [0.15, 0.2) is 0 Å². The van der Waals surface area contributed by atoms with Crippen LogP contribution in [-0.4, -0.2) is 132 Å². The second kappa shape index (κ2) is 15.7. The predicted molar refractivity (Wildman–Crippen MR) is 135 cm³/mol. The Bertz CT molecular complexity index is 534. The van der Waals surface area contributed by atoms with E-state index in [-0.39, 0.29) is 0 Å². The van der Waals surface area contributed by atoms with Crippen LogP contribution >= 0.6 is 12.2 Å². The molecule has 4 heterocycles. The van der Waals surface area contributed by atoms with Crippen molar-refractivity contribution in [1.82, 2.24) is 20.4 Å². The molecule has 0 amide bonds. The van der Waals surface area contributed by atoms with Crippen LogP contribution in [0.25, 0.3) is 0 Å². The number of nitrogens with zero attached hydrogens (tertiary/aromatic N) is 2. The molecule has 0 spiro atoms. The van der Waals surface area contributed by atoms with Crippen molar-refractivity contribution in [2.24, 2.45) is 0 Å². The van der Waals surface area contributed by atoms with E-state index in [0.29, 0.717) is 24.9 Å². The third-order valence-electron chi connectivity index (χ3n) is 6.07. The van der Waals surface area contributed by atoms with Crippen molar-refractivity contribution in [3.63, 3.8) is 0 Å². The summed E-state index contributed by atoms with van der Waals surface area (Å²) in [5.41, 5.74) is 0. The Morgan fingerprint density at radius 2 is 1.52 bits per heavy atom. The molecule has 0 aromatic carbocycles. The largest absolute Gasteiger partial charge is 0.501 e. The van der Waals surface area contributed by atoms with Gasteiger partial charge in [-0.15, -0.1) is 0 Å². The lowest BCUT2D eigenvalue weighted by atomic mass is 10.4. The zero-order valence-corrected chi connectivity index (χ0v) is 23.0. The van der Waals surface area contributed by atoms with Gasteiger partial charge in [-0.3, -0.25) is 9.80 Å². The average molecular weight is 523 g/mol. The summed E-state index contributed by atoms with van der Waals surface area (Å²) in [6.45, 7) is 11.7. The zero-order chi connectivity index (χ0) is 23.2. The Morgan fingerprint density at radius 1 is 0.909 bits per heavy atom. The number of hydrogen-bond acceptors (Lipinski definition) is 9. The van der Waals surface area contributed by atoms with Crippen LogP contribution in [0.4, 0.5) is 0 Å². The van der Waals surface area contributed by atoms with Crippen molar-refractivity contribution in [2.45, 2.75) is 24.9 Å². The lowest BCUT2D eigenvalue weighted by Gasteiger charge is -2.38. The molecule has 33 heavy (non-hydrogen) atoms. The fourth-order valence-corrected chi connectivity index (χ4v) is 8.51. The van der Waals surface area contributed by atoms with Gasteiger partial charge < -0.3 is 37.5 Å². The minimum absolute atomic E-state index is 0.692. The van der Waals surface area contributed by atoms with Gasteiger partial charge in [-0.1, -0.05) is 0 Å². The molecule has 0 aliphatic carbocycles. The van der Waals surface area contributed by atoms with Gasteiger partial charge >= 0.3 is 18.1 Å². The second-order valence-corrected chi connectivity index (χ2v) is 13.7. The highest BCUT2D eigenvalue weighted by atomic mass is 32.1. The van der Waals surface area contributed by atoms with Crippen LogP contribution in [0.2, 0.25) is 12.1 Å². The Kier molecular flexibility index (Phi) is 13.1. The topological polar surface area (TPSA) is 85.9 Å². The van der Waals surface area contributed by atoms with Gasteiger partial charge in [0.1, 0.15) is 0 Å². The van der Waals surface area contributed by atoms with E-state index >= 15 is 0 Å². The maximum absolute atomic E-state index is 6.07. The van der Waals surface area contributed by atoms with E-state index in [1.807, 2.05) is 0 Å². The lowest BCUT2D eigenvalue weighted by molar-refractivity contribution is -0.00846. The molecule has 2 bridgehead atoms. The minimum atomic E-state index is -2.53. The van der Waals surface area contributed by atoms with Crippen molar-refractivity contribution in [3.05, 3.63) is 0 Å². The number of nitrogens with one attached hydrogen (secondary N) is 2. The summed E-state index contributed by atoms with van der Waals surface area (Å²) in [5, 5.41) is 7.29. The minimum Gasteiger partial charge on any atom is -0.395 e. The normalized spacial score (nSPS) is 27.7. The van der Waals surface area contributed by atoms with Crippen molar-refractivity contribution in [2.75, 3.05) is 99.1 Å². The van der Waals surface area contributed by atoms with Gasteiger partial charge in [0.15, 0.2) is 5.11 Å². The highest BCUT2D eigenvalue weighted by Gasteiger charge is 2.43. The van der Waals surface area contributed by atoms with E-state index in [1.54, 1.807) is 7.11 Å². The number of hydrogen-bond donors (Lipinski definition) is 2. The van der Waals surface area contributed by atoms with Gasteiger partial charge in [-0.2, -0.15) is 0 Å². The van der Waals surface area contributed by atoms with Crippen molar-refractivity contribution in [3.8, 4) is 0 Å². The van der Waals surface area contributed by atoms with Crippen molar-refractivity contribution >= 4 is 35.4 Å². The molecule has 4 aliphatic rings. The van der Waals surface area contributed by atoms with Crippen LogP contribution in [0.1, 0.15) is 12.8 Å². The SMILES string of the molecule is COCCN1CCO[SiH](CCCNC(=S)NCCC[Si]23OCCN(CCO2)CCO3)OCC1. The summed E-state index contributed by atoms with van der Waals surface area (Å²) < 4.78 is 35.4. The first-order chi connectivity index (χ1) is 16.2. The molecule has 0 aromatic rings. The van der Waals surface area contributed by atoms with Gasteiger partial charge in [-0.25, -0.2) is 0 Å². The molecule has 10 nitrogen and oxygen atoms in total. The molecule has 4 saturated heterocycles. The molecule has 2 N–H and O–H groups in total. The first-order valence-electron chi connectivity index (χ1n) is 12.3. The van der Waals surface area contributed by atoms with E-state index in [1.165, 1.54) is 0 Å². The maximum atomic E-state index is 6.07. The molecule has 4 fully saturated rings. The third kappa shape index (κ3) is 10.5. The summed E-state index contributed by atoms with van der Waals surface area (Å²) in [4.78, 5) is 4.66. The molecular formula is C20H42N4O6SSi2. The molecule has 0 aromatic heterocycles. The summed E-state index contributed by atoms with van der Waals surface area (Å²) in [6, 6.07) is 1.82. The van der Waals surface area contributed by atoms with Crippen LogP contribution in [0, 0.1) is 0 Å². The van der Waals surface area contributed by atoms with E-state index in [4.69, 9.17) is 39.1 Å². The average Bonchev–Trinajstić information content (AvgIpc) is 2.75. The van der Waals surface area contributed by atoms with E-state index in [9.17, 15) is 0 Å². The summed E-state index contributed by atoms with van der Waals surface area (Å²) in [6.07, 6.45) is 1.91. The monoisotopic (exact) mass is 522 g/mol. The number of fused-ring (bicyclic) bond motifs is 6. The van der Waals surface area contributed by atoms with E-state index in [0.717, 1.165) is 97.1 Å². The van der Waals surface area contributed by atoms with Gasteiger partial charge in [0, 0.05) is 78.7 Å². The second-order valence-electron chi connectivity index (χ2n) is 8.50. The number of thiocarbonyl (C=S) groups is 1. The molecule has 4 aliphatic heterocycles. The van der Waals surface area contributed by atoms with Gasteiger partial charge in [0.05, 0.1) is 26.4 Å². The Morgan fingerprint density at radius 3 is 2.12 bits per heavy atom. The van der Waals surface area contributed by atoms with Crippen LogP contribution in [-0.2, 0) is 26.9 Å². The molecule has 4 rings (SSSR count). The molecule has 0 atom stereocenters. The highest BCUT2D eigenvalue weighted by Crippen LogP contribution is 2.21. The molecule has 0 unspecified atom stereocenters. The van der Waals surface area contributed by atoms with E-state index in [2.05, 4.69) is 20.4 Å². The molecular weight excluding hydrogens is 480 g/mol. The summed E-state index contributed by atoms with van der Waals surface area (Å²) in [5.74, 6) is 0. The van der Waals surface area contributed by atoms with Crippen LogP contribution < -0.4 is 10.6 Å². The highest BCUT2D eigenvalue weighted by molar-refractivity contribution is 7.80. The van der Waals surface area contributed by atoms with Crippen molar-refractivity contribution in [1.29, 1.82) is 0 Å². The van der Waals surface area contributed by atoms with Crippen LogP contribution in [0.3, 0.4) is 0 Å². The summed E-state index contributed by atoms with van der Waals surface area (Å²) >= 11 is 5.43. The predicted octanol–water partition coefficient (Wildman–Crippen LogP) is -0.236. The standard InChI is InChI=1S/C20H42N4O6SSi2/c1-25-12-6-23-7-13-26-32(27-14-8-23)18-2-4-21-20(31)22-5-3-19-33-28-15-9-24(10-16-29-33)11-17-30-33/h32H,2-19H2,1H3,(H2,21,22,31). The number of methoxy groups -OCH3 is 1. The van der Waals surface area contributed by atoms with E-state index < -0.39 is 18.1 Å². The number of ether oxygens (including phenoxy) is 1. The Balaban J connectivity index is 1.21. The lowest BCUT2D eigenvalue weighted by Crippen LogP contribution is -2.55. The first-order valence-corrected chi connectivity index (χ1v) is 16.4. The maximum Gasteiger partial charge on any atom is 0.501 e. The quantitative estimate of drug-likeness (QED) is 0.214. The van der Waals surface area contributed by atoms with Crippen LogP contribution in [0.5, 0.6) is 0 Å². The molecule has 0 radical (unpaired) electrons. The Labute approximate surface area is 206 Å². The van der Waals surface area contributed by atoms with Crippen molar-refractivity contribution < 1.29 is 26.9 Å².